The van der Waals surface area contributed by atoms with Gasteiger partial charge in [-0.15, -0.1) is 0 Å². The Morgan fingerprint density at radius 3 is 2.40 bits per heavy atom. The van der Waals surface area contributed by atoms with Gasteiger partial charge >= 0.3 is 12.2 Å². The van der Waals surface area contributed by atoms with Gasteiger partial charge in [0.2, 0.25) is 0 Å². The molecule has 1 aromatic heterocycles. The number of para-hydroxylation sites is 1. The highest BCUT2D eigenvalue weighted by molar-refractivity contribution is 5.94. The van der Waals surface area contributed by atoms with Crippen molar-refractivity contribution in [2.75, 3.05) is 22.9 Å². The fourth-order valence-electron chi connectivity index (χ4n) is 5.72. The summed E-state index contributed by atoms with van der Waals surface area (Å²) in [6, 6.07) is 9.60. The van der Waals surface area contributed by atoms with Gasteiger partial charge in [0, 0.05) is 30.9 Å². The number of urea groups is 1. The van der Waals surface area contributed by atoms with Gasteiger partial charge in [-0.1, -0.05) is 30.3 Å². The van der Waals surface area contributed by atoms with Gasteiger partial charge in [-0.3, -0.25) is 9.58 Å². The molecule has 0 saturated carbocycles. The normalized spacial score (nSPS) is 17.0. The number of benzene rings is 2. The van der Waals surface area contributed by atoms with Crippen LogP contribution in [0.25, 0.3) is 0 Å². The highest BCUT2D eigenvalue weighted by atomic mass is 19.4. The SMILES string of the molecule is Cc1cccc(F)c1N1CCC(N2Cc3cn(CC(C)(C)O)nc3N(Cc3ccccc3C(F)(F)F)C2=O)CC1. The van der Waals surface area contributed by atoms with Crippen molar-refractivity contribution in [1.82, 2.24) is 14.7 Å². The van der Waals surface area contributed by atoms with Gasteiger partial charge in [0.15, 0.2) is 5.82 Å². The van der Waals surface area contributed by atoms with Gasteiger partial charge in [0.25, 0.3) is 0 Å². The Labute approximate surface area is 230 Å². The molecule has 2 aromatic carbocycles. The summed E-state index contributed by atoms with van der Waals surface area (Å²) in [6.07, 6.45) is -1.66. The lowest BCUT2D eigenvalue weighted by Gasteiger charge is -2.43. The first-order valence-electron chi connectivity index (χ1n) is 13.3. The maximum Gasteiger partial charge on any atom is 0.416 e. The van der Waals surface area contributed by atoms with Gasteiger partial charge in [-0.2, -0.15) is 18.3 Å². The Hall–Kier alpha value is -3.60. The van der Waals surface area contributed by atoms with Gasteiger partial charge < -0.3 is 14.9 Å². The average Bonchev–Trinajstić information content (AvgIpc) is 3.26. The van der Waals surface area contributed by atoms with E-state index in [1.807, 2.05) is 17.9 Å². The molecule has 0 aliphatic carbocycles. The summed E-state index contributed by atoms with van der Waals surface area (Å²) in [4.78, 5) is 18.9. The van der Waals surface area contributed by atoms with Crippen molar-refractivity contribution in [1.29, 1.82) is 0 Å². The zero-order valence-corrected chi connectivity index (χ0v) is 22.7. The molecule has 0 atom stereocenters. The van der Waals surface area contributed by atoms with E-state index < -0.39 is 23.4 Å². The Balaban J connectivity index is 1.44. The second kappa shape index (κ2) is 10.4. The molecular formula is C29H33F4N5O2. The van der Waals surface area contributed by atoms with E-state index in [0.29, 0.717) is 43.0 Å². The summed E-state index contributed by atoms with van der Waals surface area (Å²) >= 11 is 0. The number of alkyl halides is 3. The fourth-order valence-corrected chi connectivity index (χ4v) is 5.72. The largest absolute Gasteiger partial charge is 0.416 e. The number of hydrogen-bond acceptors (Lipinski definition) is 4. The smallest absolute Gasteiger partial charge is 0.389 e. The third kappa shape index (κ3) is 5.65. The third-order valence-corrected chi connectivity index (χ3v) is 7.50. The van der Waals surface area contributed by atoms with Crippen LogP contribution in [0.5, 0.6) is 0 Å². The highest BCUT2D eigenvalue weighted by Crippen LogP contribution is 2.37. The Morgan fingerprint density at radius 2 is 1.75 bits per heavy atom. The van der Waals surface area contributed by atoms with Crippen LogP contribution >= 0.6 is 0 Å². The predicted molar refractivity (Wildman–Crippen MR) is 143 cm³/mol. The number of aromatic nitrogens is 2. The van der Waals surface area contributed by atoms with Gasteiger partial charge in [0.1, 0.15) is 5.82 Å². The molecule has 3 heterocycles. The van der Waals surface area contributed by atoms with Crippen LogP contribution in [0.1, 0.15) is 48.9 Å². The molecule has 2 aliphatic rings. The molecule has 3 aromatic rings. The summed E-state index contributed by atoms with van der Waals surface area (Å²) in [7, 11) is 0. The standard InChI is InChI=1S/C29H33F4N5O2/c1-19-7-6-10-24(30)25(19)35-13-11-22(12-14-35)37-17-21-15-36(18-28(2,3)40)34-26(21)38(27(37)39)16-20-8-4-5-9-23(20)29(31,32)33/h4-10,15,22,40H,11-14,16-18H2,1-3H3. The maximum absolute atomic E-state index is 14.6. The highest BCUT2D eigenvalue weighted by Gasteiger charge is 2.40. The van der Waals surface area contributed by atoms with E-state index in [0.717, 1.165) is 11.6 Å². The lowest BCUT2D eigenvalue weighted by atomic mass is 10.00. The molecule has 214 valence electrons. The molecule has 11 heteroatoms. The van der Waals surface area contributed by atoms with Crippen molar-refractivity contribution in [2.45, 2.75) is 71.1 Å². The number of piperidine rings is 1. The summed E-state index contributed by atoms with van der Waals surface area (Å²) in [6.45, 7) is 6.31. The predicted octanol–water partition coefficient (Wildman–Crippen LogP) is 5.73. The molecule has 0 radical (unpaired) electrons. The second-order valence-electron chi connectivity index (χ2n) is 11.3. The first kappa shape index (κ1) is 27.9. The number of rotatable bonds is 6. The molecule has 1 saturated heterocycles. The number of aliphatic hydroxyl groups is 1. The Kier molecular flexibility index (Phi) is 7.28. The van der Waals surface area contributed by atoms with Crippen molar-refractivity contribution in [2.24, 2.45) is 0 Å². The average molecular weight is 560 g/mol. The quantitative estimate of drug-likeness (QED) is 0.392. The number of amides is 2. The molecule has 5 rings (SSSR count). The van der Waals surface area contributed by atoms with E-state index in [1.165, 1.54) is 33.8 Å². The number of aryl methyl sites for hydroxylation is 1. The van der Waals surface area contributed by atoms with Crippen LogP contribution in [0.2, 0.25) is 0 Å². The number of nitrogens with zero attached hydrogens (tertiary/aromatic N) is 5. The lowest BCUT2D eigenvalue weighted by molar-refractivity contribution is -0.138. The number of carbonyl (C=O) groups is 1. The number of fused-ring (bicyclic) bond motifs is 1. The van der Waals surface area contributed by atoms with Crippen LogP contribution < -0.4 is 9.80 Å². The summed E-state index contributed by atoms with van der Waals surface area (Å²) in [5.41, 5.74) is 0.186. The van der Waals surface area contributed by atoms with E-state index in [1.54, 1.807) is 31.0 Å². The topological polar surface area (TPSA) is 64.8 Å². The van der Waals surface area contributed by atoms with Crippen molar-refractivity contribution >= 4 is 17.5 Å². The summed E-state index contributed by atoms with van der Waals surface area (Å²) < 4.78 is 57.5. The lowest BCUT2D eigenvalue weighted by Crippen LogP contribution is -2.54. The van der Waals surface area contributed by atoms with Crippen molar-refractivity contribution in [3.8, 4) is 0 Å². The fraction of sp³-hybridized carbons (Fsp3) is 0.448. The monoisotopic (exact) mass is 559 g/mol. The van der Waals surface area contributed by atoms with Crippen LogP contribution in [0.15, 0.2) is 48.7 Å². The molecule has 0 bridgehead atoms. The van der Waals surface area contributed by atoms with E-state index in [4.69, 9.17) is 0 Å². The van der Waals surface area contributed by atoms with Crippen LogP contribution in [0.4, 0.5) is 33.9 Å². The molecule has 7 nitrogen and oxygen atoms in total. The van der Waals surface area contributed by atoms with E-state index >= 15 is 0 Å². The van der Waals surface area contributed by atoms with Gasteiger partial charge in [-0.05, 0) is 56.9 Å². The zero-order valence-electron chi connectivity index (χ0n) is 22.7. The zero-order chi connectivity index (χ0) is 28.8. The van der Waals surface area contributed by atoms with Crippen LogP contribution in [0, 0.1) is 12.7 Å². The van der Waals surface area contributed by atoms with Gasteiger partial charge in [0.05, 0.1) is 36.5 Å². The van der Waals surface area contributed by atoms with Gasteiger partial charge in [-0.25, -0.2) is 9.18 Å². The van der Waals surface area contributed by atoms with Crippen LogP contribution in [-0.2, 0) is 25.8 Å². The minimum Gasteiger partial charge on any atom is -0.389 e. The summed E-state index contributed by atoms with van der Waals surface area (Å²) in [5.74, 6) is 0.00719. The Bertz CT molecular complexity index is 1370. The van der Waals surface area contributed by atoms with E-state index in [-0.39, 0.29) is 37.1 Å². The minimum absolute atomic E-state index is 0.0296. The number of halogens is 4. The first-order valence-corrected chi connectivity index (χ1v) is 13.3. The van der Waals surface area contributed by atoms with E-state index in [2.05, 4.69) is 5.10 Å². The second-order valence-corrected chi connectivity index (χ2v) is 11.3. The van der Waals surface area contributed by atoms with E-state index in [9.17, 15) is 27.5 Å². The molecular weight excluding hydrogens is 526 g/mol. The molecule has 2 aliphatic heterocycles. The third-order valence-electron chi connectivity index (χ3n) is 7.50. The molecule has 40 heavy (non-hydrogen) atoms. The molecule has 1 fully saturated rings. The number of carbonyl (C=O) groups excluding carboxylic acids is 1. The number of hydrogen-bond donors (Lipinski definition) is 1. The van der Waals surface area contributed by atoms with Crippen molar-refractivity contribution in [3.63, 3.8) is 0 Å². The van der Waals surface area contributed by atoms with Crippen LogP contribution in [0.3, 0.4) is 0 Å². The van der Waals surface area contributed by atoms with Crippen LogP contribution in [-0.4, -0.2) is 50.6 Å². The summed E-state index contributed by atoms with van der Waals surface area (Å²) in [5, 5.41) is 14.8. The van der Waals surface area contributed by atoms with Crippen molar-refractivity contribution in [3.05, 3.63) is 76.7 Å². The number of anilines is 2. The molecule has 0 unspecified atom stereocenters. The van der Waals surface area contributed by atoms with Crippen molar-refractivity contribution < 1.29 is 27.5 Å². The molecule has 2 amide bonds. The Morgan fingerprint density at radius 1 is 1.05 bits per heavy atom. The maximum atomic E-state index is 14.6. The minimum atomic E-state index is -4.57. The molecule has 1 N–H and O–H groups in total. The molecule has 0 spiro atoms. The first-order chi connectivity index (χ1) is 18.8.